The van der Waals surface area contributed by atoms with Crippen molar-refractivity contribution in [3.05, 3.63) is 90.0 Å². The van der Waals surface area contributed by atoms with Gasteiger partial charge in [0.2, 0.25) is 17.7 Å². The number of hydrogen-bond donors (Lipinski definition) is 6. The van der Waals surface area contributed by atoms with Crippen LogP contribution in [0.15, 0.2) is 78.9 Å². The van der Waals surface area contributed by atoms with E-state index in [4.69, 9.17) is 0 Å². The van der Waals surface area contributed by atoms with E-state index in [0.717, 1.165) is 30.4 Å². The Labute approximate surface area is 331 Å². The van der Waals surface area contributed by atoms with Gasteiger partial charge in [-0.05, 0) is 47.2 Å². The van der Waals surface area contributed by atoms with Crippen LogP contribution in [-0.2, 0) is 36.8 Å². The first-order valence-corrected chi connectivity index (χ1v) is 20.3. The molecule has 0 saturated carbocycles. The molecule has 0 spiro atoms. The summed E-state index contributed by atoms with van der Waals surface area (Å²) in [5, 5.41) is 37.0. The summed E-state index contributed by atoms with van der Waals surface area (Å²) in [6, 6.07) is 19.3. The van der Waals surface area contributed by atoms with Gasteiger partial charge in [0, 0.05) is 25.7 Å². The van der Waals surface area contributed by atoms with Crippen molar-refractivity contribution in [3.8, 4) is 16.9 Å². The fourth-order valence-corrected chi connectivity index (χ4v) is 6.63. The quantitative estimate of drug-likeness (QED) is 0.0406. The Hall–Kier alpha value is -5.19. The summed E-state index contributed by atoms with van der Waals surface area (Å²) >= 11 is 0. The largest absolute Gasteiger partial charge is 0.508 e. The molecule has 0 unspecified atom stereocenters. The number of rotatable bonds is 28. The number of nitrogens with one attached hydrogen (secondary N) is 3. The molecule has 0 aliphatic heterocycles. The fraction of sp³-hybridized carbons (Fsp3) is 0.489. The van der Waals surface area contributed by atoms with Crippen molar-refractivity contribution in [2.24, 2.45) is 0 Å². The number of carboxylic acids is 2. The zero-order valence-corrected chi connectivity index (χ0v) is 32.8. The molecule has 0 saturated heterocycles. The molecule has 11 nitrogen and oxygen atoms in total. The number of carbonyl (C=O) groups excluding carboxylic acids is 3. The van der Waals surface area contributed by atoms with Crippen LogP contribution in [0, 0.1) is 0 Å². The number of aliphatic carboxylic acids is 2. The van der Waals surface area contributed by atoms with E-state index in [1.54, 1.807) is 24.3 Å². The topological polar surface area (TPSA) is 182 Å². The van der Waals surface area contributed by atoms with Crippen molar-refractivity contribution in [1.82, 2.24) is 16.0 Å². The van der Waals surface area contributed by atoms with Crippen molar-refractivity contribution in [2.75, 3.05) is 0 Å². The molecular weight excluding hydrogens is 711 g/mol. The van der Waals surface area contributed by atoms with Crippen LogP contribution >= 0.6 is 0 Å². The van der Waals surface area contributed by atoms with E-state index in [2.05, 4.69) is 22.9 Å². The van der Waals surface area contributed by atoms with Gasteiger partial charge in [0.05, 0.1) is 0 Å². The number of hydrogen-bond acceptors (Lipinski definition) is 6. The Morgan fingerprint density at radius 2 is 0.982 bits per heavy atom. The van der Waals surface area contributed by atoms with Crippen LogP contribution in [0.25, 0.3) is 11.1 Å². The molecule has 6 N–H and O–H groups in total. The second-order valence-electron chi connectivity index (χ2n) is 14.6. The molecule has 0 fully saturated rings. The molecule has 3 rings (SSSR count). The number of phenols is 1. The smallest absolute Gasteiger partial charge is 0.326 e. The molecule has 0 heterocycles. The number of aromatic hydroxyl groups is 1. The zero-order chi connectivity index (χ0) is 40.5. The predicted molar refractivity (Wildman–Crippen MR) is 218 cm³/mol. The summed E-state index contributed by atoms with van der Waals surface area (Å²) in [5.41, 5.74) is 3.24. The van der Waals surface area contributed by atoms with Gasteiger partial charge in [-0.15, -0.1) is 0 Å². The van der Waals surface area contributed by atoms with Gasteiger partial charge in [0.15, 0.2) is 0 Å². The summed E-state index contributed by atoms with van der Waals surface area (Å²) in [7, 11) is 0. The molecule has 0 aromatic heterocycles. The monoisotopic (exact) mass is 771 g/mol. The molecule has 3 aromatic rings. The minimum absolute atomic E-state index is 0.0340. The molecule has 304 valence electrons. The SMILES string of the molecule is CCCCCCCCCCCCCCCC(=O)N[C@@H](Cc1ccc(O)cc1)C(=O)N[C@@H](CCC(=O)O)C(=O)N[C@@H](Cc1ccc(-c2ccccc2)cc1)C(=O)O. The number of unbranched alkanes of at least 4 members (excludes halogenated alkanes) is 12. The Morgan fingerprint density at radius 1 is 0.518 bits per heavy atom. The normalized spacial score (nSPS) is 12.6. The van der Waals surface area contributed by atoms with Gasteiger partial charge in [-0.2, -0.15) is 0 Å². The first kappa shape index (κ1) is 45.2. The number of amides is 3. The third-order valence-corrected chi connectivity index (χ3v) is 9.93. The highest BCUT2D eigenvalue weighted by atomic mass is 16.4. The van der Waals surface area contributed by atoms with Crippen LogP contribution in [0.2, 0.25) is 0 Å². The van der Waals surface area contributed by atoms with E-state index in [9.17, 15) is 39.3 Å². The molecule has 3 aromatic carbocycles. The maximum atomic E-state index is 13.7. The molecule has 3 amide bonds. The molecule has 56 heavy (non-hydrogen) atoms. The first-order chi connectivity index (χ1) is 27.0. The Morgan fingerprint density at radius 3 is 1.52 bits per heavy atom. The first-order valence-electron chi connectivity index (χ1n) is 20.3. The maximum absolute atomic E-state index is 13.7. The van der Waals surface area contributed by atoms with Crippen molar-refractivity contribution in [1.29, 1.82) is 0 Å². The van der Waals surface area contributed by atoms with Crippen LogP contribution in [0.4, 0.5) is 0 Å². The second-order valence-corrected chi connectivity index (χ2v) is 14.6. The van der Waals surface area contributed by atoms with Gasteiger partial charge in [-0.3, -0.25) is 19.2 Å². The molecule has 0 aliphatic rings. The summed E-state index contributed by atoms with van der Waals surface area (Å²) in [4.78, 5) is 64.1. The number of carbonyl (C=O) groups is 5. The van der Waals surface area contributed by atoms with Crippen LogP contribution in [0.1, 0.15) is 121 Å². The van der Waals surface area contributed by atoms with Gasteiger partial charge in [0.25, 0.3) is 0 Å². The van der Waals surface area contributed by atoms with E-state index in [1.807, 2.05) is 42.5 Å². The van der Waals surface area contributed by atoms with Crippen LogP contribution in [0.5, 0.6) is 5.75 Å². The summed E-state index contributed by atoms with van der Waals surface area (Å²) in [6.07, 6.45) is 14.7. The maximum Gasteiger partial charge on any atom is 0.326 e. The molecule has 0 aliphatic carbocycles. The predicted octanol–water partition coefficient (Wildman–Crippen LogP) is 7.73. The average molecular weight is 772 g/mol. The van der Waals surface area contributed by atoms with E-state index in [0.29, 0.717) is 17.5 Å². The molecule has 3 atom stereocenters. The highest BCUT2D eigenvalue weighted by molar-refractivity contribution is 5.93. The molecule has 0 radical (unpaired) electrons. The highest BCUT2D eigenvalue weighted by Gasteiger charge is 2.30. The van der Waals surface area contributed by atoms with Gasteiger partial charge < -0.3 is 31.3 Å². The van der Waals surface area contributed by atoms with Crippen LogP contribution in [-0.4, -0.2) is 63.1 Å². The summed E-state index contributed by atoms with van der Waals surface area (Å²) in [5.74, 6) is -4.36. The summed E-state index contributed by atoms with van der Waals surface area (Å²) < 4.78 is 0. The highest BCUT2D eigenvalue weighted by Crippen LogP contribution is 2.20. The van der Waals surface area contributed by atoms with Gasteiger partial charge >= 0.3 is 11.9 Å². The lowest BCUT2D eigenvalue weighted by molar-refractivity contribution is -0.143. The van der Waals surface area contributed by atoms with Crippen molar-refractivity contribution < 1.29 is 39.3 Å². The van der Waals surface area contributed by atoms with Gasteiger partial charge in [-0.25, -0.2) is 4.79 Å². The lowest BCUT2D eigenvalue weighted by atomic mass is 10.00. The third kappa shape index (κ3) is 18.0. The minimum atomic E-state index is -1.39. The number of carboxylic acid groups (broad SMARTS) is 2. The van der Waals surface area contributed by atoms with Crippen molar-refractivity contribution in [3.63, 3.8) is 0 Å². The Balaban J connectivity index is 1.58. The number of benzene rings is 3. The Kier molecular flexibility index (Phi) is 20.8. The average Bonchev–Trinajstić information content (AvgIpc) is 3.18. The lowest BCUT2D eigenvalue weighted by Gasteiger charge is -2.24. The summed E-state index contributed by atoms with van der Waals surface area (Å²) in [6.45, 7) is 2.23. The van der Waals surface area contributed by atoms with Gasteiger partial charge in [0.1, 0.15) is 23.9 Å². The Bertz CT molecular complexity index is 1630. The molecule has 0 bridgehead atoms. The lowest BCUT2D eigenvalue weighted by Crippen LogP contribution is -2.56. The fourth-order valence-electron chi connectivity index (χ4n) is 6.63. The zero-order valence-electron chi connectivity index (χ0n) is 32.8. The molecule has 11 heteroatoms. The molecular formula is C45H61N3O8. The van der Waals surface area contributed by atoms with E-state index < -0.39 is 48.3 Å². The van der Waals surface area contributed by atoms with E-state index >= 15 is 0 Å². The van der Waals surface area contributed by atoms with E-state index in [1.165, 1.54) is 69.9 Å². The standard InChI is InChI=1S/C45H61N3O8/c1-2-3-4-5-6-7-8-9-10-11-12-13-17-20-41(50)46-39(31-34-23-27-37(49)28-24-34)44(54)47-38(29-30-42(51)52)43(53)48-40(45(55)56)32-33-21-25-36(26-22-33)35-18-15-14-16-19-35/h14-16,18-19,21-28,38-40,49H,2-13,17,20,29-32H2,1H3,(H,46,50)(H,47,54)(H,48,53)(H,51,52)(H,55,56)/t38-,39-,40-/m0/s1. The van der Waals surface area contributed by atoms with Crippen LogP contribution in [0.3, 0.4) is 0 Å². The third-order valence-electron chi connectivity index (χ3n) is 9.93. The van der Waals surface area contributed by atoms with Crippen molar-refractivity contribution in [2.45, 2.75) is 141 Å². The van der Waals surface area contributed by atoms with Crippen molar-refractivity contribution >= 4 is 29.7 Å². The van der Waals surface area contributed by atoms with E-state index in [-0.39, 0.29) is 37.3 Å². The van der Waals surface area contributed by atoms with Gasteiger partial charge in [-0.1, -0.05) is 151 Å². The second kappa shape index (κ2) is 25.8. The minimum Gasteiger partial charge on any atom is -0.508 e. The van der Waals surface area contributed by atoms with Crippen LogP contribution < -0.4 is 16.0 Å². The number of phenolic OH excluding ortho intramolecular Hbond substituents is 1.